The van der Waals surface area contributed by atoms with Gasteiger partial charge in [0.1, 0.15) is 5.82 Å². The lowest BCUT2D eigenvalue weighted by Gasteiger charge is -2.09. The highest BCUT2D eigenvalue weighted by atomic mass is 19.1. The van der Waals surface area contributed by atoms with Crippen LogP contribution in [0.4, 0.5) is 14.5 Å². The maximum atomic E-state index is 13.5. The largest absolute Gasteiger partial charge is 0.396 e. The van der Waals surface area contributed by atoms with Crippen LogP contribution in [-0.2, 0) is 0 Å². The van der Waals surface area contributed by atoms with Gasteiger partial charge >= 0.3 is 0 Å². The Morgan fingerprint density at radius 3 is 2.56 bits per heavy atom. The number of allylic oxidation sites excluding steroid dienone is 2. The van der Waals surface area contributed by atoms with Gasteiger partial charge in [0.15, 0.2) is 5.82 Å². The van der Waals surface area contributed by atoms with Crippen LogP contribution in [0.5, 0.6) is 0 Å². The summed E-state index contributed by atoms with van der Waals surface area (Å²) in [6.07, 6.45) is 3.33. The Labute approximate surface area is 103 Å². The second-order valence-electron chi connectivity index (χ2n) is 3.74. The summed E-state index contributed by atoms with van der Waals surface area (Å²) in [4.78, 5) is 0. The molecule has 0 aliphatic carbocycles. The normalized spacial score (nSPS) is 13.9. The molecular formula is C13H11F2N3. The lowest BCUT2D eigenvalue weighted by atomic mass is 10.1. The van der Waals surface area contributed by atoms with E-state index in [0.29, 0.717) is 17.9 Å². The fourth-order valence-corrected chi connectivity index (χ4v) is 1.42. The smallest absolute Gasteiger partial charge is 0.164 e. The number of nitrogens with one attached hydrogen (secondary N) is 1. The van der Waals surface area contributed by atoms with E-state index in [1.165, 1.54) is 6.07 Å². The number of nitrogens with two attached hydrogens (primary N) is 2. The van der Waals surface area contributed by atoms with Gasteiger partial charge in [0.05, 0.1) is 17.1 Å². The van der Waals surface area contributed by atoms with Gasteiger partial charge in [-0.1, -0.05) is 11.8 Å². The number of halogens is 2. The van der Waals surface area contributed by atoms with Crippen LogP contribution in [0.1, 0.15) is 5.56 Å². The molecule has 1 heterocycles. The maximum absolute atomic E-state index is 13.5. The van der Waals surface area contributed by atoms with E-state index in [4.69, 9.17) is 11.5 Å². The van der Waals surface area contributed by atoms with Crippen LogP contribution in [0.25, 0.3) is 0 Å². The van der Waals surface area contributed by atoms with E-state index in [9.17, 15) is 8.78 Å². The third-order valence-electron chi connectivity index (χ3n) is 2.42. The molecule has 5 N–H and O–H groups in total. The molecule has 0 fully saturated rings. The molecule has 1 aliphatic heterocycles. The second-order valence-corrected chi connectivity index (χ2v) is 3.74. The van der Waals surface area contributed by atoms with E-state index in [-0.39, 0.29) is 11.3 Å². The molecule has 0 spiro atoms. The molecule has 0 radical (unpaired) electrons. The number of nitrogen functional groups attached to an aromatic ring is 1. The first-order valence-corrected chi connectivity index (χ1v) is 5.23. The van der Waals surface area contributed by atoms with E-state index in [1.54, 1.807) is 12.2 Å². The van der Waals surface area contributed by atoms with Gasteiger partial charge in [-0.3, -0.25) is 0 Å². The molecule has 3 nitrogen and oxygen atoms in total. The average molecular weight is 247 g/mol. The Hall–Kier alpha value is -2.48. The molecule has 1 aromatic carbocycles. The molecule has 2 rings (SSSR count). The van der Waals surface area contributed by atoms with E-state index in [0.717, 1.165) is 6.07 Å². The van der Waals surface area contributed by atoms with Crippen molar-refractivity contribution >= 4 is 5.69 Å². The lowest BCUT2D eigenvalue weighted by Crippen LogP contribution is -2.24. The van der Waals surface area contributed by atoms with Gasteiger partial charge in [-0.2, -0.15) is 0 Å². The summed E-state index contributed by atoms with van der Waals surface area (Å²) in [6.45, 7) is 0.431. The summed E-state index contributed by atoms with van der Waals surface area (Å²) >= 11 is 0. The third kappa shape index (κ3) is 2.43. The molecule has 0 atom stereocenters. The number of benzene rings is 1. The van der Waals surface area contributed by atoms with Crippen molar-refractivity contribution in [2.45, 2.75) is 0 Å². The first-order chi connectivity index (χ1) is 8.58. The minimum Gasteiger partial charge on any atom is -0.396 e. The molecule has 0 aromatic heterocycles. The standard InChI is InChI=1S/C13H11F2N3/c14-10-4-5-11(16)13(15)9(10)3-1-8-2-6-12(17)18-7-8/h2,4-6,18H,7,16-17H2. The van der Waals surface area contributed by atoms with Gasteiger partial charge in [0, 0.05) is 12.1 Å². The summed E-state index contributed by atoms with van der Waals surface area (Å²) < 4.78 is 26.9. The molecule has 0 bridgehead atoms. The highest BCUT2D eigenvalue weighted by molar-refractivity contribution is 5.52. The highest BCUT2D eigenvalue weighted by Gasteiger charge is 2.09. The Morgan fingerprint density at radius 2 is 1.89 bits per heavy atom. The zero-order valence-corrected chi connectivity index (χ0v) is 9.43. The minimum atomic E-state index is -0.832. The van der Waals surface area contributed by atoms with Crippen molar-refractivity contribution in [3.63, 3.8) is 0 Å². The fourth-order valence-electron chi connectivity index (χ4n) is 1.42. The molecule has 1 aromatic rings. The molecule has 0 unspecified atom stereocenters. The molecule has 0 saturated carbocycles. The number of anilines is 1. The summed E-state index contributed by atoms with van der Waals surface area (Å²) in [7, 11) is 0. The van der Waals surface area contributed by atoms with Crippen LogP contribution >= 0.6 is 0 Å². The average Bonchev–Trinajstić information content (AvgIpc) is 2.36. The van der Waals surface area contributed by atoms with E-state index in [1.807, 2.05) is 0 Å². The SMILES string of the molecule is NC1=CC=C(C#Cc2c(F)ccc(N)c2F)CN1. The number of hydrogen-bond acceptors (Lipinski definition) is 3. The van der Waals surface area contributed by atoms with Gasteiger partial charge in [0.25, 0.3) is 0 Å². The van der Waals surface area contributed by atoms with Crippen LogP contribution in [-0.4, -0.2) is 6.54 Å². The van der Waals surface area contributed by atoms with Crippen LogP contribution in [0.2, 0.25) is 0 Å². The van der Waals surface area contributed by atoms with Gasteiger partial charge in [-0.15, -0.1) is 0 Å². The van der Waals surface area contributed by atoms with Crippen LogP contribution in [0.3, 0.4) is 0 Å². The van der Waals surface area contributed by atoms with Crippen molar-refractivity contribution in [2.24, 2.45) is 5.73 Å². The van der Waals surface area contributed by atoms with Crippen molar-refractivity contribution in [1.82, 2.24) is 5.32 Å². The lowest BCUT2D eigenvalue weighted by molar-refractivity contribution is 0.580. The summed E-state index contributed by atoms with van der Waals surface area (Å²) in [5.41, 5.74) is 11.1. The predicted octanol–water partition coefficient (Wildman–Crippen LogP) is 1.23. The van der Waals surface area contributed by atoms with Crippen LogP contribution in [0, 0.1) is 23.5 Å². The number of rotatable bonds is 0. The van der Waals surface area contributed by atoms with E-state index in [2.05, 4.69) is 17.2 Å². The van der Waals surface area contributed by atoms with E-state index < -0.39 is 11.6 Å². The van der Waals surface area contributed by atoms with E-state index >= 15 is 0 Å². The van der Waals surface area contributed by atoms with Crippen LogP contribution < -0.4 is 16.8 Å². The van der Waals surface area contributed by atoms with Gasteiger partial charge in [-0.25, -0.2) is 8.78 Å². The van der Waals surface area contributed by atoms with Gasteiger partial charge < -0.3 is 16.8 Å². The quantitative estimate of drug-likeness (QED) is 0.477. The van der Waals surface area contributed by atoms with Gasteiger partial charge in [0.2, 0.25) is 0 Å². The highest BCUT2D eigenvalue weighted by Crippen LogP contribution is 2.17. The monoisotopic (exact) mass is 247 g/mol. The third-order valence-corrected chi connectivity index (χ3v) is 2.42. The zero-order valence-electron chi connectivity index (χ0n) is 9.43. The van der Waals surface area contributed by atoms with Crippen molar-refractivity contribution in [2.75, 3.05) is 12.3 Å². The summed E-state index contributed by atoms with van der Waals surface area (Å²) in [5, 5.41) is 2.86. The van der Waals surface area contributed by atoms with Crippen molar-refractivity contribution in [3.8, 4) is 11.8 Å². The molecule has 1 aliphatic rings. The molecule has 18 heavy (non-hydrogen) atoms. The molecule has 92 valence electrons. The van der Waals surface area contributed by atoms with Crippen molar-refractivity contribution in [3.05, 3.63) is 52.9 Å². The minimum absolute atomic E-state index is 0.124. The Bertz CT molecular complexity index is 607. The Balaban J connectivity index is 2.34. The zero-order chi connectivity index (χ0) is 13.1. The molecule has 0 saturated heterocycles. The Morgan fingerprint density at radius 1 is 1.11 bits per heavy atom. The molecule has 0 amide bonds. The molecular weight excluding hydrogens is 236 g/mol. The predicted molar refractivity (Wildman–Crippen MR) is 66.0 cm³/mol. The fraction of sp³-hybridized carbons (Fsp3) is 0.0769. The van der Waals surface area contributed by atoms with Crippen molar-refractivity contribution < 1.29 is 8.78 Å². The van der Waals surface area contributed by atoms with Crippen LogP contribution in [0.15, 0.2) is 35.7 Å². The summed E-state index contributed by atoms with van der Waals surface area (Å²) in [5.74, 6) is 4.10. The first-order valence-electron chi connectivity index (χ1n) is 5.23. The number of dihydropyridines is 1. The topological polar surface area (TPSA) is 64.1 Å². The number of hydrogen-bond donors (Lipinski definition) is 3. The summed E-state index contributed by atoms with van der Waals surface area (Å²) in [6, 6.07) is 2.26. The Kier molecular flexibility index (Phi) is 3.20. The first kappa shape index (κ1) is 12.0. The van der Waals surface area contributed by atoms with Gasteiger partial charge in [-0.05, 0) is 24.3 Å². The maximum Gasteiger partial charge on any atom is 0.164 e. The second kappa shape index (κ2) is 4.80. The van der Waals surface area contributed by atoms with Crippen molar-refractivity contribution in [1.29, 1.82) is 0 Å². The molecule has 5 heteroatoms.